The van der Waals surface area contributed by atoms with Gasteiger partial charge in [0.05, 0.1) is 6.61 Å². The van der Waals surface area contributed by atoms with Crippen molar-refractivity contribution in [1.82, 2.24) is 15.5 Å². The van der Waals surface area contributed by atoms with E-state index in [0.29, 0.717) is 18.7 Å². The number of hydrogen-bond donors (Lipinski definition) is 2. The Labute approximate surface area is 203 Å². The molecule has 6 nitrogen and oxygen atoms in total. The monoisotopic (exact) mass is 538 g/mol. The summed E-state index contributed by atoms with van der Waals surface area (Å²) in [5.41, 5.74) is 4.22. The van der Waals surface area contributed by atoms with E-state index in [1.807, 2.05) is 36.4 Å². The summed E-state index contributed by atoms with van der Waals surface area (Å²) in [5, 5.41) is 6.71. The van der Waals surface area contributed by atoms with Gasteiger partial charge < -0.3 is 20.3 Å². The Morgan fingerprint density at radius 2 is 1.81 bits per heavy atom. The van der Waals surface area contributed by atoms with E-state index in [-0.39, 0.29) is 29.9 Å². The van der Waals surface area contributed by atoms with Gasteiger partial charge in [-0.25, -0.2) is 0 Å². The molecule has 0 atom stereocenters. The van der Waals surface area contributed by atoms with Crippen LogP contribution in [-0.2, 0) is 24.3 Å². The number of nitrogens with one attached hydrogen (secondary N) is 2. The fourth-order valence-electron chi connectivity index (χ4n) is 3.04. The zero-order valence-electron chi connectivity index (χ0n) is 19.0. The molecule has 0 spiro atoms. The smallest absolute Gasteiger partial charge is 0.253 e. The molecule has 0 heterocycles. The lowest BCUT2D eigenvalue weighted by Gasteiger charge is -2.15. The SMILES string of the molecule is CCCOCc1ccccc1CNC(=NC)NCCc1cccc(C(=O)N(C)C)c1.I. The normalized spacial score (nSPS) is 10.9. The molecule has 0 bridgehead atoms. The molecule has 0 aliphatic carbocycles. The number of ether oxygens (including phenoxy) is 1. The number of nitrogens with zero attached hydrogens (tertiary/aromatic N) is 2. The minimum atomic E-state index is 0. The molecule has 1 amide bonds. The fraction of sp³-hybridized carbons (Fsp3) is 0.417. The number of hydrogen-bond acceptors (Lipinski definition) is 3. The van der Waals surface area contributed by atoms with Gasteiger partial charge in [-0.2, -0.15) is 0 Å². The molecular weight excluding hydrogens is 503 g/mol. The van der Waals surface area contributed by atoms with Gasteiger partial charge in [-0.3, -0.25) is 9.79 Å². The Morgan fingerprint density at radius 3 is 2.48 bits per heavy atom. The Balaban J connectivity index is 0.00000480. The fourth-order valence-corrected chi connectivity index (χ4v) is 3.04. The van der Waals surface area contributed by atoms with Gasteiger partial charge in [-0.05, 0) is 41.7 Å². The second-order valence-corrected chi connectivity index (χ2v) is 7.32. The molecule has 0 unspecified atom stereocenters. The molecule has 0 saturated heterocycles. The van der Waals surface area contributed by atoms with Crippen molar-refractivity contribution in [3.8, 4) is 0 Å². The zero-order valence-corrected chi connectivity index (χ0v) is 21.3. The molecule has 31 heavy (non-hydrogen) atoms. The van der Waals surface area contributed by atoms with Crippen LogP contribution in [0, 0.1) is 0 Å². The van der Waals surface area contributed by atoms with Crippen LogP contribution < -0.4 is 10.6 Å². The highest BCUT2D eigenvalue weighted by Crippen LogP contribution is 2.10. The second kappa shape index (κ2) is 14.8. The minimum Gasteiger partial charge on any atom is -0.377 e. The van der Waals surface area contributed by atoms with Crippen molar-refractivity contribution in [2.24, 2.45) is 4.99 Å². The van der Waals surface area contributed by atoms with Gasteiger partial charge in [0, 0.05) is 46.4 Å². The lowest BCUT2D eigenvalue weighted by molar-refractivity contribution is 0.0827. The summed E-state index contributed by atoms with van der Waals surface area (Å²) in [7, 11) is 5.29. The molecule has 7 heteroatoms. The standard InChI is InChI=1S/C24H34N4O2.HI/c1-5-15-30-18-22-11-7-6-10-21(22)17-27-24(25-2)26-14-13-19-9-8-12-20(16-19)23(29)28(3)4;/h6-12,16H,5,13-15,17-18H2,1-4H3,(H2,25,26,27);1H. The quantitative estimate of drug-likeness (QED) is 0.209. The van der Waals surface area contributed by atoms with E-state index >= 15 is 0 Å². The number of aliphatic imine (C=N–C) groups is 1. The zero-order chi connectivity index (χ0) is 21.8. The first-order valence-electron chi connectivity index (χ1n) is 10.4. The maximum atomic E-state index is 12.1. The first-order chi connectivity index (χ1) is 14.5. The van der Waals surface area contributed by atoms with Crippen LogP contribution in [0.5, 0.6) is 0 Å². The Morgan fingerprint density at radius 1 is 1.06 bits per heavy atom. The summed E-state index contributed by atoms with van der Waals surface area (Å²) in [4.78, 5) is 18.0. The lowest BCUT2D eigenvalue weighted by atomic mass is 10.1. The molecular formula is C24H35IN4O2. The summed E-state index contributed by atoms with van der Waals surface area (Å²) in [6.45, 7) is 4.91. The van der Waals surface area contributed by atoms with Gasteiger partial charge in [0.25, 0.3) is 5.91 Å². The van der Waals surface area contributed by atoms with Crippen LogP contribution >= 0.6 is 24.0 Å². The summed E-state index contributed by atoms with van der Waals surface area (Å²) in [6.07, 6.45) is 1.82. The molecule has 170 valence electrons. The van der Waals surface area contributed by atoms with Crippen LogP contribution in [0.2, 0.25) is 0 Å². The number of carbonyl (C=O) groups is 1. The lowest BCUT2D eigenvalue weighted by Crippen LogP contribution is -2.38. The van der Waals surface area contributed by atoms with Gasteiger partial charge in [0.2, 0.25) is 0 Å². The maximum absolute atomic E-state index is 12.1. The third kappa shape index (κ3) is 9.26. The van der Waals surface area contributed by atoms with E-state index < -0.39 is 0 Å². The largest absolute Gasteiger partial charge is 0.377 e. The summed E-state index contributed by atoms with van der Waals surface area (Å²) < 4.78 is 5.70. The van der Waals surface area contributed by atoms with E-state index in [9.17, 15) is 4.79 Å². The van der Waals surface area contributed by atoms with Crippen LogP contribution in [-0.4, -0.2) is 51.1 Å². The van der Waals surface area contributed by atoms with Crippen molar-refractivity contribution in [1.29, 1.82) is 0 Å². The first kappa shape index (κ1) is 26.9. The number of guanidine groups is 1. The van der Waals surface area contributed by atoms with E-state index in [1.165, 1.54) is 11.1 Å². The second-order valence-electron chi connectivity index (χ2n) is 7.32. The number of amides is 1. The predicted octanol–water partition coefficient (Wildman–Crippen LogP) is 3.84. The van der Waals surface area contributed by atoms with Crippen LogP contribution in [0.4, 0.5) is 0 Å². The highest BCUT2D eigenvalue weighted by atomic mass is 127. The van der Waals surface area contributed by atoms with Crippen LogP contribution in [0.3, 0.4) is 0 Å². The van der Waals surface area contributed by atoms with Gasteiger partial charge >= 0.3 is 0 Å². The molecule has 0 fully saturated rings. The molecule has 2 N–H and O–H groups in total. The van der Waals surface area contributed by atoms with Gasteiger partial charge in [-0.1, -0.05) is 43.3 Å². The van der Waals surface area contributed by atoms with Crippen LogP contribution in [0.25, 0.3) is 0 Å². The summed E-state index contributed by atoms with van der Waals surface area (Å²) in [5.74, 6) is 0.767. The molecule has 0 aliphatic heterocycles. The third-order valence-corrected chi connectivity index (χ3v) is 4.68. The van der Waals surface area contributed by atoms with Crippen molar-refractivity contribution in [3.05, 3.63) is 70.8 Å². The average molecular weight is 538 g/mol. The molecule has 0 saturated carbocycles. The molecule has 2 rings (SSSR count). The molecule has 0 aliphatic rings. The number of carbonyl (C=O) groups excluding carboxylic acids is 1. The van der Waals surface area contributed by atoms with Gasteiger partial charge in [0.15, 0.2) is 5.96 Å². The van der Waals surface area contributed by atoms with E-state index in [4.69, 9.17) is 4.74 Å². The summed E-state index contributed by atoms with van der Waals surface area (Å²) in [6, 6.07) is 16.1. The van der Waals surface area contributed by atoms with Crippen LogP contribution in [0.1, 0.15) is 40.4 Å². The van der Waals surface area contributed by atoms with Gasteiger partial charge in [0.1, 0.15) is 0 Å². The van der Waals surface area contributed by atoms with Crippen LogP contribution in [0.15, 0.2) is 53.5 Å². The topological polar surface area (TPSA) is 66.0 Å². The van der Waals surface area contributed by atoms with Gasteiger partial charge in [-0.15, -0.1) is 24.0 Å². The first-order valence-corrected chi connectivity index (χ1v) is 10.4. The number of rotatable bonds is 10. The van der Waals surface area contributed by atoms with E-state index in [2.05, 4.69) is 34.7 Å². The Kier molecular flexibility index (Phi) is 12.8. The molecule has 2 aromatic rings. The van der Waals surface area contributed by atoms with Crippen molar-refractivity contribution in [2.75, 3.05) is 34.3 Å². The Bertz CT molecular complexity index is 840. The molecule has 0 aromatic heterocycles. The maximum Gasteiger partial charge on any atom is 0.253 e. The highest BCUT2D eigenvalue weighted by Gasteiger charge is 2.08. The van der Waals surface area contributed by atoms with E-state index in [1.54, 1.807) is 26.0 Å². The molecule has 0 radical (unpaired) electrons. The van der Waals surface area contributed by atoms with E-state index in [0.717, 1.165) is 37.5 Å². The minimum absolute atomic E-state index is 0. The predicted molar refractivity (Wildman–Crippen MR) is 138 cm³/mol. The highest BCUT2D eigenvalue weighted by molar-refractivity contribution is 14.0. The Hall–Kier alpha value is -2.13. The average Bonchev–Trinajstić information content (AvgIpc) is 2.76. The molecule has 2 aromatic carbocycles. The van der Waals surface area contributed by atoms with Crippen molar-refractivity contribution in [3.63, 3.8) is 0 Å². The third-order valence-electron chi connectivity index (χ3n) is 4.68. The van der Waals surface area contributed by atoms with Crippen molar-refractivity contribution >= 4 is 35.8 Å². The number of halogens is 1. The van der Waals surface area contributed by atoms with Crippen molar-refractivity contribution < 1.29 is 9.53 Å². The van der Waals surface area contributed by atoms with Crippen molar-refractivity contribution in [2.45, 2.75) is 32.9 Å². The number of benzene rings is 2. The summed E-state index contributed by atoms with van der Waals surface area (Å²) >= 11 is 0.